The molecule has 0 saturated carbocycles. The molecule has 0 saturated heterocycles. The van der Waals surface area contributed by atoms with Crippen molar-refractivity contribution in [3.63, 3.8) is 0 Å². The molecule has 0 fully saturated rings. The number of hydrogen-bond donors (Lipinski definition) is 0. The quantitative estimate of drug-likeness (QED) is 0.607. The smallest absolute Gasteiger partial charge is 0.258 e. The molecule has 15 heavy (non-hydrogen) atoms. The zero-order valence-corrected chi connectivity index (χ0v) is 8.93. The third-order valence-corrected chi connectivity index (χ3v) is 2.46. The van der Waals surface area contributed by atoms with Crippen molar-refractivity contribution < 1.29 is 4.92 Å². The first-order chi connectivity index (χ1) is 7.11. The van der Waals surface area contributed by atoms with Crippen molar-refractivity contribution >= 4 is 21.6 Å². The summed E-state index contributed by atoms with van der Waals surface area (Å²) in [4.78, 5) is 10.1. The van der Waals surface area contributed by atoms with E-state index in [2.05, 4.69) is 15.9 Å². The van der Waals surface area contributed by atoms with Gasteiger partial charge in [0.1, 0.15) is 0 Å². The maximum atomic E-state index is 10.7. The highest BCUT2D eigenvalue weighted by Crippen LogP contribution is 2.32. The number of nitrogens with zero attached hydrogens (tertiary/aromatic N) is 3. The summed E-state index contributed by atoms with van der Waals surface area (Å²) < 4.78 is 0.393. The van der Waals surface area contributed by atoms with Crippen molar-refractivity contribution in [2.75, 3.05) is 0 Å². The molecule has 0 N–H and O–H groups in total. The van der Waals surface area contributed by atoms with Crippen LogP contribution in [0.3, 0.4) is 0 Å². The minimum atomic E-state index is -1.14. The van der Waals surface area contributed by atoms with E-state index in [9.17, 15) is 10.1 Å². The van der Waals surface area contributed by atoms with Gasteiger partial charge in [-0.15, -0.1) is 0 Å². The molecule has 0 heterocycles. The van der Waals surface area contributed by atoms with E-state index >= 15 is 0 Å². The van der Waals surface area contributed by atoms with Gasteiger partial charge in [0.2, 0.25) is 0 Å². The fourth-order valence-corrected chi connectivity index (χ4v) is 1.71. The Morgan fingerprint density at radius 2 is 2.00 bits per heavy atom. The molecule has 0 radical (unpaired) electrons. The first-order valence-corrected chi connectivity index (χ1v) is 4.63. The van der Waals surface area contributed by atoms with Crippen molar-refractivity contribution in [2.24, 2.45) is 0 Å². The van der Waals surface area contributed by atoms with Crippen molar-refractivity contribution in [3.8, 4) is 12.1 Å². The molecule has 0 aliphatic heterocycles. The zero-order chi connectivity index (χ0) is 11.4. The van der Waals surface area contributed by atoms with Crippen LogP contribution in [0.5, 0.6) is 0 Å². The second kappa shape index (κ2) is 4.54. The third kappa shape index (κ3) is 2.12. The van der Waals surface area contributed by atoms with Crippen LogP contribution in [0.1, 0.15) is 11.5 Å². The lowest BCUT2D eigenvalue weighted by molar-refractivity contribution is -0.385. The van der Waals surface area contributed by atoms with Gasteiger partial charge in [0, 0.05) is 10.5 Å². The largest absolute Gasteiger partial charge is 0.276 e. The number of halogens is 1. The van der Waals surface area contributed by atoms with Gasteiger partial charge in [0.05, 0.1) is 22.6 Å². The Hall–Kier alpha value is -1.92. The summed E-state index contributed by atoms with van der Waals surface area (Å²) in [5, 5.41) is 28.1. The second-order valence-electron chi connectivity index (χ2n) is 2.62. The van der Waals surface area contributed by atoms with E-state index in [0.717, 1.165) is 0 Å². The fourth-order valence-electron chi connectivity index (χ4n) is 1.13. The van der Waals surface area contributed by atoms with E-state index in [1.54, 1.807) is 18.2 Å². The van der Waals surface area contributed by atoms with E-state index in [1.807, 2.05) is 0 Å². The normalized spacial score (nSPS) is 9.33. The first-order valence-electron chi connectivity index (χ1n) is 3.83. The maximum Gasteiger partial charge on any atom is 0.276 e. The molecule has 0 bridgehead atoms. The lowest BCUT2D eigenvalue weighted by atomic mass is 10.0. The molecule has 0 spiro atoms. The van der Waals surface area contributed by atoms with Gasteiger partial charge in [-0.1, -0.05) is 22.0 Å². The van der Waals surface area contributed by atoms with Crippen LogP contribution in [0, 0.1) is 32.8 Å². The molecular formula is C9H4BrN3O2. The Labute approximate surface area is 93.8 Å². The molecule has 0 aliphatic carbocycles. The molecule has 0 atom stereocenters. The van der Waals surface area contributed by atoms with Gasteiger partial charge < -0.3 is 0 Å². The zero-order valence-electron chi connectivity index (χ0n) is 7.35. The number of hydrogen-bond acceptors (Lipinski definition) is 4. The Bertz CT molecular complexity index is 473. The van der Waals surface area contributed by atoms with Crippen molar-refractivity contribution in [1.82, 2.24) is 0 Å². The van der Waals surface area contributed by atoms with Crippen LogP contribution in [0.2, 0.25) is 0 Å². The number of nitro groups is 1. The molecule has 0 aliphatic rings. The highest BCUT2D eigenvalue weighted by atomic mass is 79.9. The summed E-state index contributed by atoms with van der Waals surface area (Å²) in [6, 6.07) is 7.73. The molecule has 6 heteroatoms. The van der Waals surface area contributed by atoms with E-state index < -0.39 is 10.8 Å². The molecule has 0 unspecified atom stereocenters. The van der Waals surface area contributed by atoms with Crippen LogP contribution in [0.15, 0.2) is 22.7 Å². The van der Waals surface area contributed by atoms with Crippen molar-refractivity contribution in [3.05, 3.63) is 38.3 Å². The minimum Gasteiger partial charge on any atom is -0.258 e. The second-order valence-corrected chi connectivity index (χ2v) is 3.48. The molecule has 0 amide bonds. The van der Waals surface area contributed by atoms with Crippen molar-refractivity contribution in [2.45, 2.75) is 5.92 Å². The number of benzene rings is 1. The molecular weight excluding hydrogens is 262 g/mol. The molecule has 1 aromatic carbocycles. The molecule has 1 rings (SSSR count). The van der Waals surface area contributed by atoms with Crippen molar-refractivity contribution in [1.29, 1.82) is 10.5 Å². The first kappa shape index (κ1) is 11.2. The molecule has 1 aromatic rings. The van der Waals surface area contributed by atoms with Gasteiger partial charge in [-0.05, 0) is 6.07 Å². The average Bonchev–Trinajstić information content (AvgIpc) is 2.21. The third-order valence-electron chi connectivity index (χ3n) is 1.77. The number of nitriles is 2. The summed E-state index contributed by atoms with van der Waals surface area (Å²) in [5.74, 6) is -1.14. The predicted molar refractivity (Wildman–Crippen MR) is 54.8 cm³/mol. The summed E-state index contributed by atoms with van der Waals surface area (Å²) in [5.41, 5.74) is -0.120. The Balaban J connectivity index is 3.46. The van der Waals surface area contributed by atoms with Crippen LogP contribution in [-0.4, -0.2) is 4.92 Å². The standard InChI is InChI=1S/C9H4BrN3O2/c10-7-2-1-3-8(13(14)15)9(7)6(4-11)5-12/h1-3,6H. The van der Waals surface area contributed by atoms with Crippen LogP contribution >= 0.6 is 15.9 Å². The molecule has 5 nitrogen and oxygen atoms in total. The lowest BCUT2D eigenvalue weighted by Gasteiger charge is -2.04. The van der Waals surface area contributed by atoms with Gasteiger partial charge in [-0.3, -0.25) is 10.1 Å². The van der Waals surface area contributed by atoms with Crippen LogP contribution in [0.25, 0.3) is 0 Å². The number of nitro benzene ring substituents is 1. The maximum absolute atomic E-state index is 10.7. The highest BCUT2D eigenvalue weighted by Gasteiger charge is 2.24. The van der Waals surface area contributed by atoms with E-state index in [1.165, 1.54) is 12.1 Å². The Morgan fingerprint density at radius 3 is 2.47 bits per heavy atom. The summed E-state index contributed by atoms with van der Waals surface area (Å²) >= 11 is 3.09. The number of rotatable bonds is 2. The molecule has 74 valence electrons. The Kier molecular flexibility index (Phi) is 3.37. The van der Waals surface area contributed by atoms with Crippen LogP contribution in [-0.2, 0) is 0 Å². The van der Waals surface area contributed by atoms with Gasteiger partial charge in [0.15, 0.2) is 5.92 Å². The highest BCUT2D eigenvalue weighted by molar-refractivity contribution is 9.10. The summed E-state index contributed by atoms with van der Waals surface area (Å²) in [6.07, 6.45) is 0. The minimum absolute atomic E-state index is 0.104. The summed E-state index contributed by atoms with van der Waals surface area (Å²) in [6.45, 7) is 0. The SMILES string of the molecule is N#CC(C#N)c1c(Br)cccc1[N+](=O)[O-]. The van der Waals surface area contributed by atoms with Gasteiger partial charge in [0.25, 0.3) is 5.69 Å². The van der Waals surface area contributed by atoms with E-state index in [0.29, 0.717) is 4.47 Å². The predicted octanol–water partition coefficient (Wildman–Crippen LogP) is 2.49. The van der Waals surface area contributed by atoms with Gasteiger partial charge in [-0.25, -0.2) is 0 Å². The van der Waals surface area contributed by atoms with E-state index in [-0.39, 0.29) is 11.3 Å². The van der Waals surface area contributed by atoms with Gasteiger partial charge >= 0.3 is 0 Å². The monoisotopic (exact) mass is 265 g/mol. The topological polar surface area (TPSA) is 90.7 Å². The van der Waals surface area contributed by atoms with Gasteiger partial charge in [-0.2, -0.15) is 10.5 Å². The fraction of sp³-hybridized carbons (Fsp3) is 0.111. The molecule has 0 aromatic heterocycles. The Morgan fingerprint density at radius 1 is 1.40 bits per heavy atom. The van der Waals surface area contributed by atoms with Crippen LogP contribution in [0.4, 0.5) is 5.69 Å². The average molecular weight is 266 g/mol. The summed E-state index contributed by atoms with van der Waals surface area (Å²) in [7, 11) is 0. The van der Waals surface area contributed by atoms with Crippen LogP contribution < -0.4 is 0 Å². The lowest BCUT2D eigenvalue weighted by Crippen LogP contribution is -2.00. The van der Waals surface area contributed by atoms with E-state index in [4.69, 9.17) is 10.5 Å².